The number of carbonyl (C=O) groups is 1. The summed E-state index contributed by atoms with van der Waals surface area (Å²) in [6, 6.07) is 4.38. The minimum absolute atomic E-state index is 0.231. The molecule has 7 heteroatoms. The molecule has 0 radical (unpaired) electrons. The molecule has 0 aliphatic rings. The van der Waals surface area contributed by atoms with Crippen molar-refractivity contribution in [3.05, 3.63) is 65.2 Å². The van der Waals surface area contributed by atoms with E-state index in [4.69, 9.17) is 5.11 Å². The summed E-state index contributed by atoms with van der Waals surface area (Å²) in [6.45, 7) is 0. The molecule has 0 aromatic heterocycles. The molecule has 0 spiro atoms. The standard InChI is InChI=1S/C14H9F4NO2/c15-8-1-3-9(4-2-8)19-13(14(20)21)7-5-10(16)12(18)11(17)6-7/h1-6,13,19H,(H,20,21). The van der Waals surface area contributed by atoms with Crippen molar-refractivity contribution in [2.24, 2.45) is 0 Å². The van der Waals surface area contributed by atoms with E-state index in [1.54, 1.807) is 0 Å². The van der Waals surface area contributed by atoms with E-state index in [9.17, 15) is 22.4 Å². The fourth-order valence-electron chi connectivity index (χ4n) is 1.74. The van der Waals surface area contributed by atoms with E-state index in [1.807, 2.05) is 0 Å². The molecule has 0 heterocycles. The number of hydrogen-bond acceptors (Lipinski definition) is 2. The Morgan fingerprint density at radius 1 is 1.00 bits per heavy atom. The summed E-state index contributed by atoms with van der Waals surface area (Å²) in [7, 11) is 0. The van der Waals surface area contributed by atoms with E-state index in [2.05, 4.69) is 5.32 Å². The zero-order valence-corrected chi connectivity index (χ0v) is 10.4. The van der Waals surface area contributed by atoms with Gasteiger partial charge in [0.05, 0.1) is 0 Å². The molecular weight excluding hydrogens is 290 g/mol. The van der Waals surface area contributed by atoms with E-state index in [0.29, 0.717) is 12.1 Å². The molecule has 0 fully saturated rings. The fraction of sp³-hybridized carbons (Fsp3) is 0.0714. The van der Waals surface area contributed by atoms with Gasteiger partial charge in [0, 0.05) is 5.69 Å². The van der Waals surface area contributed by atoms with Gasteiger partial charge in [0.1, 0.15) is 5.82 Å². The maximum atomic E-state index is 13.2. The number of rotatable bonds is 4. The average molecular weight is 299 g/mol. The Morgan fingerprint density at radius 3 is 2.00 bits per heavy atom. The topological polar surface area (TPSA) is 49.3 Å². The zero-order chi connectivity index (χ0) is 15.6. The number of hydrogen-bond donors (Lipinski definition) is 2. The lowest BCUT2D eigenvalue weighted by molar-refractivity contribution is -0.138. The molecule has 1 atom stereocenters. The molecule has 0 aliphatic carbocycles. The van der Waals surface area contributed by atoms with Crippen molar-refractivity contribution < 1.29 is 27.5 Å². The molecule has 0 bridgehead atoms. The summed E-state index contributed by atoms with van der Waals surface area (Å²) in [6.07, 6.45) is 0. The largest absolute Gasteiger partial charge is 0.479 e. The third-order valence-corrected chi connectivity index (χ3v) is 2.74. The molecule has 110 valence electrons. The van der Waals surface area contributed by atoms with Crippen LogP contribution in [0, 0.1) is 23.3 Å². The molecule has 0 saturated carbocycles. The summed E-state index contributed by atoms with van der Waals surface area (Å²) >= 11 is 0. The van der Waals surface area contributed by atoms with Crippen LogP contribution in [0.15, 0.2) is 36.4 Å². The van der Waals surface area contributed by atoms with Crippen LogP contribution in [0.2, 0.25) is 0 Å². The number of halogens is 4. The zero-order valence-electron chi connectivity index (χ0n) is 10.4. The van der Waals surface area contributed by atoms with E-state index in [0.717, 1.165) is 12.1 Å². The first kappa shape index (κ1) is 14.8. The summed E-state index contributed by atoms with van der Waals surface area (Å²) in [5.74, 6) is -6.60. The summed E-state index contributed by atoms with van der Waals surface area (Å²) in [5.41, 5.74) is -0.0721. The van der Waals surface area contributed by atoms with Gasteiger partial charge < -0.3 is 10.4 Å². The van der Waals surface area contributed by atoms with Crippen LogP contribution >= 0.6 is 0 Å². The van der Waals surface area contributed by atoms with Gasteiger partial charge in [0.2, 0.25) is 0 Å². The molecule has 2 aromatic carbocycles. The first-order valence-corrected chi connectivity index (χ1v) is 5.78. The second-order valence-electron chi connectivity index (χ2n) is 4.22. The number of carboxylic acid groups (broad SMARTS) is 1. The molecule has 2 N–H and O–H groups in total. The average Bonchev–Trinajstić information content (AvgIpc) is 2.43. The van der Waals surface area contributed by atoms with E-state index in [-0.39, 0.29) is 11.3 Å². The van der Waals surface area contributed by atoms with E-state index in [1.165, 1.54) is 12.1 Å². The monoisotopic (exact) mass is 299 g/mol. The van der Waals surface area contributed by atoms with Crippen molar-refractivity contribution in [1.29, 1.82) is 0 Å². The summed E-state index contributed by atoms with van der Waals surface area (Å²) in [4.78, 5) is 11.2. The number of benzene rings is 2. The van der Waals surface area contributed by atoms with Crippen molar-refractivity contribution in [2.45, 2.75) is 6.04 Å². The van der Waals surface area contributed by atoms with Crippen molar-refractivity contribution in [2.75, 3.05) is 5.32 Å². The van der Waals surface area contributed by atoms with Crippen LogP contribution in [0.3, 0.4) is 0 Å². The normalized spacial score (nSPS) is 12.0. The minimum Gasteiger partial charge on any atom is -0.479 e. The Morgan fingerprint density at radius 2 is 1.52 bits per heavy atom. The van der Waals surface area contributed by atoms with Gasteiger partial charge in [-0.3, -0.25) is 0 Å². The second-order valence-corrected chi connectivity index (χ2v) is 4.22. The van der Waals surface area contributed by atoms with Crippen LogP contribution in [0.4, 0.5) is 23.2 Å². The maximum absolute atomic E-state index is 13.2. The Bertz CT molecular complexity index is 650. The Balaban J connectivity index is 2.35. The Labute approximate surface area is 116 Å². The highest BCUT2D eigenvalue weighted by molar-refractivity contribution is 5.79. The van der Waals surface area contributed by atoms with Crippen LogP contribution in [0.25, 0.3) is 0 Å². The van der Waals surface area contributed by atoms with Crippen molar-refractivity contribution in [3.8, 4) is 0 Å². The molecule has 0 aliphatic heterocycles. The van der Waals surface area contributed by atoms with Crippen LogP contribution in [-0.4, -0.2) is 11.1 Å². The molecule has 2 rings (SSSR count). The van der Waals surface area contributed by atoms with Gasteiger partial charge in [-0.25, -0.2) is 22.4 Å². The third kappa shape index (κ3) is 3.31. The number of anilines is 1. The van der Waals surface area contributed by atoms with Crippen LogP contribution in [0.5, 0.6) is 0 Å². The van der Waals surface area contributed by atoms with Gasteiger partial charge in [-0.1, -0.05) is 0 Å². The summed E-state index contributed by atoms with van der Waals surface area (Å²) in [5, 5.41) is 11.6. The van der Waals surface area contributed by atoms with Gasteiger partial charge in [-0.05, 0) is 42.0 Å². The van der Waals surface area contributed by atoms with Gasteiger partial charge >= 0.3 is 5.97 Å². The quantitative estimate of drug-likeness (QED) is 0.671. The molecule has 2 aromatic rings. The first-order chi connectivity index (χ1) is 9.88. The lowest BCUT2D eigenvalue weighted by Crippen LogP contribution is -2.21. The SMILES string of the molecule is O=C(O)C(Nc1ccc(F)cc1)c1cc(F)c(F)c(F)c1. The Hall–Kier alpha value is -2.57. The number of aliphatic carboxylic acids is 1. The Kier molecular flexibility index (Phi) is 4.11. The maximum Gasteiger partial charge on any atom is 0.330 e. The van der Waals surface area contributed by atoms with E-state index >= 15 is 0 Å². The molecule has 1 unspecified atom stereocenters. The second kappa shape index (κ2) is 5.82. The fourth-order valence-corrected chi connectivity index (χ4v) is 1.74. The minimum atomic E-state index is -1.68. The van der Waals surface area contributed by atoms with Gasteiger partial charge in [0.25, 0.3) is 0 Å². The highest BCUT2D eigenvalue weighted by atomic mass is 19.2. The van der Waals surface area contributed by atoms with Crippen LogP contribution < -0.4 is 5.32 Å². The number of nitrogens with one attached hydrogen (secondary N) is 1. The highest BCUT2D eigenvalue weighted by Crippen LogP contribution is 2.23. The van der Waals surface area contributed by atoms with Crippen LogP contribution in [-0.2, 0) is 4.79 Å². The first-order valence-electron chi connectivity index (χ1n) is 5.78. The van der Waals surface area contributed by atoms with Crippen molar-refractivity contribution in [1.82, 2.24) is 0 Å². The highest BCUT2D eigenvalue weighted by Gasteiger charge is 2.23. The van der Waals surface area contributed by atoms with Gasteiger partial charge in [-0.2, -0.15) is 0 Å². The predicted octanol–water partition coefficient (Wildman–Crippen LogP) is 3.48. The van der Waals surface area contributed by atoms with E-state index < -0.39 is 35.3 Å². The molecule has 0 saturated heterocycles. The predicted molar refractivity (Wildman–Crippen MR) is 66.7 cm³/mol. The summed E-state index contributed by atoms with van der Waals surface area (Å²) < 4.78 is 52.0. The number of carboxylic acids is 1. The lowest BCUT2D eigenvalue weighted by atomic mass is 10.1. The van der Waals surface area contributed by atoms with Gasteiger partial charge in [-0.15, -0.1) is 0 Å². The molecule has 3 nitrogen and oxygen atoms in total. The molecular formula is C14H9F4NO2. The van der Waals surface area contributed by atoms with Crippen molar-refractivity contribution >= 4 is 11.7 Å². The van der Waals surface area contributed by atoms with Crippen molar-refractivity contribution in [3.63, 3.8) is 0 Å². The lowest BCUT2D eigenvalue weighted by Gasteiger charge is -2.16. The van der Waals surface area contributed by atoms with Crippen LogP contribution in [0.1, 0.15) is 11.6 Å². The third-order valence-electron chi connectivity index (χ3n) is 2.74. The van der Waals surface area contributed by atoms with Gasteiger partial charge in [0.15, 0.2) is 23.5 Å². The smallest absolute Gasteiger partial charge is 0.330 e. The molecule has 0 amide bonds. The molecule has 21 heavy (non-hydrogen) atoms.